The van der Waals surface area contributed by atoms with Crippen LogP contribution in [-0.4, -0.2) is 23.7 Å². The van der Waals surface area contributed by atoms with Gasteiger partial charge in [-0.05, 0) is 140 Å². The minimum Gasteiger partial charge on any atom is -0.457 e. The first kappa shape index (κ1) is 44.9. The smallest absolute Gasteiger partial charge is 0.130 e. The Morgan fingerprint density at radius 3 is 2.44 bits per heavy atom. The number of rotatable bonds is 14. The molecule has 59 heavy (non-hydrogen) atoms. The van der Waals surface area contributed by atoms with Gasteiger partial charge in [0.2, 0.25) is 0 Å². The molecule has 4 nitrogen and oxygen atoms in total. The number of allylic oxidation sites excluding steroid dienone is 10. The van der Waals surface area contributed by atoms with E-state index in [1.54, 1.807) is 0 Å². The van der Waals surface area contributed by atoms with Gasteiger partial charge < -0.3 is 15.0 Å². The van der Waals surface area contributed by atoms with Crippen molar-refractivity contribution in [1.82, 2.24) is 15.5 Å². The van der Waals surface area contributed by atoms with Crippen LogP contribution in [-0.2, 0) is 6.42 Å². The number of hydrogen-bond acceptors (Lipinski definition) is 4. The first-order valence-corrected chi connectivity index (χ1v) is 24.0. The van der Waals surface area contributed by atoms with E-state index in [1.165, 1.54) is 81.8 Å². The molecule has 8 atom stereocenters. The lowest BCUT2D eigenvalue weighted by Gasteiger charge is -2.52. The van der Waals surface area contributed by atoms with Crippen molar-refractivity contribution in [3.8, 4) is 5.75 Å². The predicted octanol–water partition coefficient (Wildman–Crippen LogP) is 14.0. The Bertz CT molecular complexity index is 1770. The van der Waals surface area contributed by atoms with Crippen molar-refractivity contribution >= 4 is 0 Å². The first-order valence-electron chi connectivity index (χ1n) is 24.0. The number of benzene rings is 1. The number of nitrogens with one attached hydrogen (secondary N) is 2. The second kappa shape index (κ2) is 21.8. The molecule has 0 aromatic heterocycles. The summed E-state index contributed by atoms with van der Waals surface area (Å²) in [5.41, 5.74) is 6.60. The molecule has 0 amide bonds. The summed E-state index contributed by atoms with van der Waals surface area (Å²) in [6.45, 7) is 28.2. The highest BCUT2D eigenvalue weighted by Crippen LogP contribution is 2.52. The van der Waals surface area contributed by atoms with Crippen LogP contribution in [0.5, 0.6) is 5.75 Å². The molecule has 2 saturated carbocycles. The van der Waals surface area contributed by atoms with E-state index < -0.39 is 0 Å². The number of fused-ring (bicyclic) bond motifs is 1. The highest BCUT2D eigenvalue weighted by molar-refractivity contribution is 5.57. The molecule has 7 rings (SSSR count). The summed E-state index contributed by atoms with van der Waals surface area (Å²) in [4.78, 5) is 2.26. The van der Waals surface area contributed by atoms with E-state index >= 15 is 0 Å². The molecular formula is C55H79N3O. The molecule has 1 aromatic carbocycles. The summed E-state index contributed by atoms with van der Waals surface area (Å²) in [6.07, 6.45) is 40.4. The van der Waals surface area contributed by atoms with Crippen LogP contribution in [0.25, 0.3) is 0 Å². The Labute approximate surface area is 360 Å². The molecule has 1 saturated heterocycles. The van der Waals surface area contributed by atoms with Crippen molar-refractivity contribution < 1.29 is 4.74 Å². The lowest BCUT2D eigenvalue weighted by Crippen LogP contribution is -2.54. The van der Waals surface area contributed by atoms with E-state index in [2.05, 4.69) is 142 Å². The summed E-state index contributed by atoms with van der Waals surface area (Å²) in [7, 11) is 0. The van der Waals surface area contributed by atoms with Gasteiger partial charge >= 0.3 is 0 Å². The van der Waals surface area contributed by atoms with Gasteiger partial charge in [0.25, 0.3) is 0 Å². The monoisotopic (exact) mass is 798 g/mol. The van der Waals surface area contributed by atoms with E-state index in [0.717, 1.165) is 77.8 Å². The zero-order chi connectivity index (χ0) is 41.9. The Morgan fingerprint density at radius 2 is 1.78 bits per heavy atom. The molecule has 0 radical (unpaired) electrons. The maximum atomic E-state index is 6.73. The van der Waals surface area contributed by atoms with Crippen LogP contribution in [0, 0.1) is 41.4 Å². The predicted molar refractivity (Wildman–Crippen MR) is 253 cm³/mol. The fourth-order valence-electron chi connectivity index (χ4n) is 11.3. The fraction of sp³-hybridized carbons (Fsp3) is 0.564. The van der Waals surface area contributed by atoms with Gasteiger partial charge in [0.05, 0.1) is 11.9 Å². The zero-order valence-electron chi connectivity index (χ0n) is 37.9. The largest absolute Gasteiger partial charge is 0.457 e. The summed E-state index contributed by atoms with van der Waals surface area (Å²) in [6, 6.07) is 7.45. The van der Waals surface area contributed by atoms with Crippen LogP contribution >= 0.6 is 0 Å². The van der Waals surface area contributed by atoms with Gasteiger partial charge in [0.1, 0.15) is 11.5 Å². The molecule has 3 aliphatic heterocycles. The van der Waals surface area contributed by atoms with E-state index in [1.807, 2.05) is 13.8 Å². The zero-order valence-corrected chi connectivity index (χ0v) is 37.9. The molecule has 0 spiro atoms. The van der Waals surface area contributed by atoms with Gasteiger partial charge in [0, 0.05) is 23.5 Å². The van der Waals surface area contributed by atoms with Gasteiger partial charge in [-0.25, -0.2) is 0 Å². The topological polar surface area (TPSA) is 36.5 Å². The number of nitrogens with zero attached hydrogens (tertiary/aromatic N) is 1. The van der Waals surface area contributed by atoms with Gasteiger partial charge in [-0.15, -0.1) is 6.58 Å². The number of ether oxygens (including phenoxy) is 1. The maximum Gasteiger partial charge on any atom is 0.130 e. The Morgan fingerprint density at radius 1 is 0.983 bits per heavy atom. The van der Waals surface area contributed by atoms with Crippen molar-refractivity contribution in [3.05, 3.63) is 138 Å². The Balaban J connectivity index is 0.00000288. The Hall–Kier alpha value is -3.60. The molecule has 6 aliphatic rings. The van der Waals surface area contributed by atoms with Crippen LogP contribution in [0.4, 0.5) is 0 Å². The van der Waals surface area contributed by atoms with E-state index in [9.17, 15) is 0 Å². The van der Waals surface area contributed by atoms with Crippen molar-refractivity contribution in [2.75, 3.05) is 6.54 Å². The van der Waals surface area contributed by atoms with Crippen molar-refractivity contribution in [2.45, 2.75) is 150 Å². The van der Waals surface area contributed by atoms with E-state index in [0.29, 0.717) is 41.6 Å². The summed E-state index contributed by atoms with van der Waals surface area (Å²) in [5.74, 6) is 6.99. The van der Waals surface area contributed by atoms with Crippen LogP contribution < -0.4 is 15.4 Å². The van der Waals surface area contributed by atoms with Gasteiger partial charge in [-0.1, -0.05) is 148 Å². The van der Waals surface area contributed by atoms with Crippen LogP contribution in [0.3, 0.4) is 0 Å². The van der Waals surface area contributed by atoms with Crippen LogP contribution in [0.1, 0.15) is 142 Å². The average molecular weight is 798 g/mol. The maximum absolute atomic E-state index is 6.73. The molecular weight excluding hydrogens is 719 g/mol. The third-order valence-electron chi connectivity index (χ3n) is 14.6. The molecule has 1 aromatic rings. The first-order chi connectivity index (χ1) is 28.8. The normalized spacial score (nSPS) is 31.0. The average Bonchev–Trinajstić information content (AvgIpc) is 3.75. The highest BCUT2D eigenvalue weighted by atomic mass is 16.5. The Kier molecular flexibility index (Phi) is 16.6. The van der Waals surface area contributed by atoms with Crippen molar-refractivity contribution in [2.24, 2.45) is 41.4 Å². The second-order valence-corrected chi connectivity index (χ2v) is 18.5. The summed E-state index contributed by atoms with van der Waals surface area (Å²) < 4.78 is 6.73. The molecule has 0 bridgehead atoms. The fourth-order valence-corrected chi connectivity index (χ4v) is 11.3. The van der Waals surface area contributed by atoms with E-state index in [-0.39, 0.29) is 0 Å². The highest BCUT2D eigenvalue weighted by Gasteiger charge is 2.46. The van der Waals surface area contributed by atoms with Crippen LogP contribution in [0.2, 0.25) is 0 Å². The lowest BCUT2D eigenvalue weighted by atomic mass is 9.56. The van der Waals surface area contributed by atoms with Gasteiger partial charge in [0.15, 0.2) is 0 Å². The molecule has 320 valence electrons. The quantitative estimate of drug-likeness (QED) is 0.184. The number of hydrogen-bond donors (Lipinski definition) is 2. The molecule has 3 fully saturated rings. The third-order valence-corrected chi connectivity index (χ3v) is 14.6. The lowest BCUT2D eigenvalue weighted by molar-refractivity contribution is 0.00232. The summed E-state index contributed by atoms with van der Waals surface area (Å²) >= 11 is 0. The molecule has 3 heterocycles. The standard InChI is InChI=1S/C53H73N3O.C2H6/c1-8-16-41(17-9-2)46-34-48(49(55-52-23-15-30-54-52)35-47(46)42-19-13-20-42)40(10-3)32-38(6)43-26-29-51-44(33-43)21-14-22-50-53(39(7)57-51)37(5)18-11-12-31-56(50)45-27-24-36(4)25-28-45;1-2/h10-12,14,18,22,24,26-29,31,33,36,38,40-42,46-49,52,54-55H,3,5,7-9,13,15-17,19-21,23,25,30,32,34-35H2,1-2,4,6H3;1-2H3/b18-11-,22-14-,31-12-,53-50+;/t36?,38-,40+,46?,47-,48?,49?,52?;/m0./s1. The molecule has 5 unspecified atom stereocenters. The van der Waals surface area contributed by atoms with Crippen molar-refractivity contribution in [3.63, 3.8) is 0 Å². The minimum absolute atomic E-state index is 0.393. The minimum atomic E-state index is 0.393. The summed E-state index contributed by atoms with van der Waals surface area (Å²) in [5, 5.41) is 8.06. The SMILES string of the molecule is C=C[C@H](C[C@H](C)c1ccc2c(c1)C/C=C\C1=C(\C(=C)/C=C\C=C/N1C1=CCC(C)C=C1)C(=C)O2)C1CC(C(CCC)CCC)[C@H](C2CCC2)CC1NC1CCCN1.CC. The van der Waals surface area contributed by atoms with Crippen molar-refractivity contribution in [1.29, 1.82) is 0 Å². The second-order valence-electron chi connectivity index (χ2n) is 18.5. The van der Waals surface area contributed by atoms with E-state index in [4.69, 9.17) is 4.74 Å². The van der Waals surface area contributed by atoms with Gasteiger partial charge in [-0.3, -0.25) is 5.32 Å². The molecule has 2 N–H and O–H groups in total. The van der Waals surface area contributed by atoms with Gasteiger partial charge in [-0.2, -0.15) is 0 Å². The molecule has 4 heteroatoms. The molecule has 3 aliphatic carbocycles. The third kappa shape index (κ3) is 10.8. The van der Waals surface area contributed by atoms with Crippen LogP contribution in [0.15, 0.2) is 127 Å².